The molecule has 0 fully saturated rings. The molecule has 1 aromatic carbocycles. The second-order valence-electron chi connectivity index (χ2n) is 4.28. The molecule has 3 aromatic rings. The van der Waals surface area contributed by atoms with Gasteiger partial charge in [-0.05, 0) is 29.6 Å². The van der Waals surface area contributed by atoms with Crippen molar-refractivity contribution in [1.29, 1.82) is 0 Å². The van der Waals surface area contributed by atoms with Crippen LogP contribution < -0.4 is 4.74 Å². The van der Waals surface area contributed by atoms with Crippen LogP contribution in [0, 0.1) is 0 Å². The van der Waals surface area contributed by atoms with Gasteiger partial charge in [0.2, 0.25) is 0 Å². The number of benzene rings is 1. The second-order valence-corrected chi connectivity index (χ2v) is 5.23. The number of carboxylic acids is 1. The Balaban J connectivity index is 1.68. The Labute approximate surface area is 124 Å². The first kappa shape index (κ1) is 13.4. The van der Waals surface area contributed by atoms with E-state index in [4.69, 9.17) is 14.4 Å². The molecule has 3 rings (SSSR count). The predicted molar refractivity (Wildman–Crippen MR) is 77.5 cm³/mol. The van der Waals surface area contributed by atoms with Crippen LogP contribution in [0.5, 0.6) is 5.75 Å². The molecule has 0 atom stereocenters. The van der Waals surface area contributed by atoms with Gasteiger partial charge in [-0.1, -0.05) is 17.3 Å². The van der Waals surface area contributed by atoms with E-state index in [0.717, 1.165) is 4.88 Å². The quantitative estimate of drug-likeness (QED) is 0.778. The molecule has 21 heavy (non-hydrogen) atoms. The fourth-order valence-corrected chi connectivity index (χ4v) is 2.46. The summed E-state index contributed by atoms with van der Waals surface area (Å²) in [6.07, 6.45) is 0. The van der Waals surface area contributed by atoms with E-state index in [0.29, 0.717) is 17.2 Å². The minimum atomic E-state index is -0.984. The summed E-state index contributed by atoms with van der Waals surface area (Å²) in [5, 5.41) is 14.8. The Bertz CT molecular complexity index is 749. The molecule has 0 aliphatic carbocycles. The van der Waals surface area contributed by atoms with Gasteiger partial charge >= 0.3 is 5.97 Å². The SMILES string of the molecule is O=C(O)c1cccc(OCc2cc(-c3cccs3)on2)c1. The van der Waals surface area contributed by atoms with Crippen molar-refractivity contribution < 1.29 is 19.2 Å². The van der Waals surface area contributed by atoms with Crippen LogP contribution in [0.4, 0.5) is 0 Å². The minimum absolute atomic E-state index is 0.187. The zero-order valence-electron chi connectivity index (χ0n) is 10.9. The zero-order chi connectivity index (χ0) is 14.7. The number of nitrogens with zero attached hydrogens (tertiary/aromatic N) is 1. The molecule has 0 aliphatic heterocycles. The molecule has 0 spiro atoms. The van der Waals surface area contributed by atoms with Gasteiger partial charge in [0, 0.05) is 6.07 Å². The molecule has 2 aromatic heterocycles. The third-order valence-electron chi connectivity index (χ3n) is 2.79. The van der Waals surface area contributed by atoms with E-state index in [-0.39, 0.29) is 12.2 Å². The van der Waals surface area contributed by atoms with Crippen LogP contribution >= 0.6 is 11.3 Å². The summed E-state index contributed by atoms with van der Waals surface area (Å²) in [6.45, 7) is 0.220. The average molecular weight is 301 g/mol. The van der Waals surface area contributed by atoms with Crippen LogP contribution in [-0.2, 0) is 6.61 Å². The van der Waals surface area contributed by atoms with E-state index in [9.17, 15) is 4.79 Å². The molecule has 2 heterocycles. The summed E-state index contributed by atoms with van der Waals surface area (Å²) < 4.78 is 10.8. The number of aromatic carboxylic acids is 1. The van der Waals surface area contributed by atoms with E-state index in [2.05, 4.69) is 5.16 Å². The summed E-state index contributed by atoms with van der Waals surface area (Å²) in [5.74, 6) is 0.195. The van der Waals surface area contributed by atoms with Crippen molar-refractivity contribution in [2.75, 3.05) is 0 Å². The normalized spacial score (nSPS) is 10.5. The molecule has 1 N–H and O–H groups in total. The number of thiophene rings is 1. The summed E-state index contributed by atoms with van der Waals surface area (Å²) in [7, 11) is 0. The van der Waals surface area contributed by atoms with Crippen LogP contribution in [0.2, 0.25) is 0 Å². The molecule has 106 valence electrons. The Morgan fingerprint density at radius 1 is 1.29 bits per heavy atom. The lowest BCUT2D eigenvalue weighted by atomic mass is 10.2. The Morgan fingerprint density at radius 3 is 2.95 bits per heavy atom. The Morgan fingerprint density at radius 2 is 2.19 bits per heavy atom. The van der Waals surface area contributed by atoms with Crippen molar-refractivity contribution in [1.82, 2.24) is 5.16 Å². The molecule has 0 saturated heterocycles. The van der Waals surface area contributed by atoms with E-state index in [1.54, 1.807) is 23.5 Å². The van der Waals surface area contributed by atoms with Gasteiger partial charge in [-0.15, -0.1) is 11.3 Å². The van der Waals surface area contributed by atoms with Crippen LogP contribution in [0.25, 0.3) is 10.6 Å². The number of carbonyl (C=O) groups is 1. The van der Waals surface area contributed by atoms with Crippen molar-refractivity contribution in [3.63, 3.8) is 0 Å². The van der Waals surface area contributed by atoms with Crippen molar-refractivity contribution in [3.05, 3.63) is 59.1 Å². The predicted octanol–water partition coefficient (Wildman–Crippen LogP) is 3.68. The van der Waals surface area contributed by atoms with Crippen molar-refractivity contribution in [2.24, 2.45) is 0 Å². The van der Waals surface area contributed by atoms with Gasteiger partial charge in [0.25, 0.3) is 0 Å². The third kappa shape index (κ3) is 3.11. The lowest BCUT2D eigenvalue weighted by Gasteiger charge is -2.04. The first-order valence-corrected chi connectivity index (χ1v) is 7.06. The number of ether oxygens (including phenoxy) is 1. The lowest BCUT2D eigenvalue weighted by molar-refractivity contribution is 0.0696. The maximum absolute atomic E-state index is 10.9. The van der Waals surface area contributed by atoms with Crippen LogP contribution in [-0.4, -0.2) is 16.2 Å². The molecule has 6 heteroatoms. The number of carboxylic acid groups (broad SMARTS) is 1. The van der Waals surface area contributed by atoms with Crippen molar-refractivity contribution >= 4 is 17.3 Å². The highest BCUT2D eigenvalue weighted by Crippen LogP contribution is 2.25. The maximum Gasteiger partial charge on any atom is 0.335 e. The lowest BCUT2D eigenvalue weighted by Crippen LogP contribution is -1.99. The van der Waals surface area contributed by atoms with E-state index in [1.165, 1.54) is 12.1 Å². The highest BCUT2D eigenvalue weighted by Gasteiger charge is 2.09. The van der Waals surface area contributed by atoms with Gasteiger partial charge in [0.15, 0.2) is 5.76 Å². The zero-order valence-corrected chi connectivity index (χ0v) is 11.7. The molecule has 0 bridgehead atoms. The van der Waals surface area contributed by atoms with Crippen LogP contribution in [0.3, 0.4) is 0 Å². The molecular formula is C15H11NO4S. The summed E-state index contributed by atoms with van der Waals surface area (Å²) >= 11 is 1.57. The molecule has 0 amide bonds. The number of rotatable bonds is 5. The number of aromatic nitrogens is 1. The topological polar surface area (TPSA) is 72.6 Å². The van der Waals surface area contributed by atoms with Gasteiger partial charge in [0.1, 0.15) is 18.1 Å². The molecule has 5 nitrogen and oxygen atoms in total. The molecular weight excluding hydrogens is 290 g/mol. The monoisotopic (exact) mass is 301 g/mol. The van der Waals surface area contributed by atoms with Gasteiger partial charge in [0.05, 0.1) is 10.4 Å². The summed E-state index contributed by atoms with van der Waals surface area (Å²) in [6, 6.07) is 12.0. The highest BCUT2D eigenvalue weighted by molar-refractivity contribution is 7.13. The van der Waals surface area contributed by atoms with Crippen LogP contribution in [0.15, 0.2) is 52.4 Å². The fraction of sp³-hybridized carbons (Fsp3) is 0.0667. The Hall–Kier alpha value is -2.60. The smallest absolute Gasteiger partial charge is 0.335 e. The molecule has 0 radical (unpaired) electrons. The van der Waals surface area contributed by atoms with Gasteiger partial charge in [-0.25, -0.2) is 4.79 Å². The minimum Gasteiger partial charge on any atom is -0.487 e. The first-order valence-electron chi connectivity index (χ1n) is 6.18. The Kier molecular flexibility index (Phi) is 3.70. The first-order chi connectivity index (χ1) is 10.2. The molecule has 0 saturated carbocycles. The third-order valence-corrected chi connectivity index (χ3v) is 3.68. The maximum atomic E-state index is 10.9. The average Bonchev–Trinajstić information content (AvgIpc) is 3.16. The van der Waals surface area contributed by atoms with Gasteiger partial charge in [-0.2, -0.15) is 0 Å². The fourth-order valence-electron chi connectivity index (χ4n) is 1.79. The standard InChI is InChI=1S/C15H11NO4S/c17-15(18)10-3-1-4-12(7-10)19-9-11-8-13(20-16-11)14-5-2-6-21-14/h1-8H,9H2,(H,17,18). The van der Waals surface area contributed by atoms with E-state index in [1.807, 2.05) is 23.6 Å². The summed E-state index contributed by atoms with van der Waals surface area (Å²) in [4.78, 5) is 11.9. The number of hydrogen-bond acceptors (Lipinski definition) is 5. The molecule has 0 aliphatic rings. The van der Waals surface area contributed by atoms with Gasteiger partial charge < -0.3 is 14.4 Å². The summed E-state index contributed by atoms with van der Waals surface area (Å²) in [5.41, 5.74) is 0.839. The number of hydrogen-bond donors (Lipinski definition) is 1. The molecule has 0 unspecified atom stereocenters. The largest absolute Gasteiger partial charge is 0.487 e. The van der Waals surface area contributed by atoms with Crippen molar-refractivity contribution in [3.8, 4) is 16.4 Å². The second kappa shape index (κ2) is 5.80. The van der Waals surface area contributed by atoms with E-state index >= 15 is 0 Å². The van der Waals surface area contributed by atoms with Crippen LogP contribution in [0.1, 0.15) is 16.1 Å². The van der Waals surface area contributed by atoms with E-state index < -0.39 is 5.97 Å². The van der Waals surface area contributed by atoms with Gasteiger partial charge in [-0.3, -0.25) is 0 Å². The van der Waals surface area contributed by atoms with Crippen molar-refractivity contribution in [2.45, 2.75) is 6.61 Å². The highest BCUT2D eigenvalue weighted by atomic mass is 32.1.